The van der Waals surface area contributed by atoms with Crippen molar-refractivity contribution in [2.75, 3.05) is 0 Å². The molecule has 1 fully saturated rings. The third kappa shape index (κ3) is 12.7. The summed E-state index contributed by atoms with van der Waals surface area (Å²) >= 11 is 0. The normalized spacial score (nSPS) is 19.7. The molecule has 5 atom stereocenters. The molecule has 0 aliphatic heterocycles. The van der Waals surface area contributed by atoms with Crippen molar-refractivity contribution in [3.8, 4) is 0 Å². The molecule has 240 valence electrons. The molecule has 0 bridgehead atoms. The zero-order valence-corrected chi connectivity index (χ0v) is 25.8. The predicted molar refractivity (Wildman–Crippen MR) is 170 cm³/mol. The number of hydrogen-bond acceptors (Lipinski definition) is 7. The number of carboxylic acids is 1. The molecular weight excluding hydrogens is 560 g/mol. The third-order valence-electron chi connectivity index (χ3n) is 7.84. The maximum Gasteiger partial charge on any atom is 0.310 e. The van der Waals surface area contributed by atoms with Crippen LogP contribution in [0.3, 0.4) is 0 Å². The van der Waals surface area contributed by atoms with Crippen molar-refractivity contribution in [3.63, 3.8) is 0 Å². The van der Waals surface area contributed by atoms with Crippen LogP contribution < -0.4 is 0 Å². The number of rotatable bonds is 16. The Balaban J connectivity index is 0.000000317. The molecule has 0 radical (unpaired) electrons. The van der Waals surface area contributed by atoms with Crippen LogP contribution in [0.25, 0.3) is 0 Å². The number of allylic oxidation sites excluding steroid dienone is 2. The number of carbonyl (C=O) groups is 3. The predicted octanol–water partition coefficient (Wildman–Crippen LogP) is 5.58. The van der Waals surface area contributed by atoms with Crippen LogP contribution in [0.15, 0.2) is 78.9 Å². The second-order valence-electron chi connectivity index (χ2n) is 11.4. The van der Waals surface area contributed by atoms with E-state index in [0.717, 1.165) is 25.7 Å². The van der Waals surface area contributed by atoms with Gasteiger partial charge in [0.05, 0.1) is 18.1 Å². The van der Waals surface area contributed by atoms with Crippen molar-refractivity contribution in [1.82, 2.24) is 0 Å². The van der Waals surface area contributed by atoms with Gasteiger partial charge in [0.1, 0.15) is 5.78 Å². The van der Waals surface area contributed by atoms with Gasteiger partial charge in [0, 0.05) is 29.4 Å². The van der Waals surface area contributed by atoms with E-state index < -0.39 is 30.4 Å². The van der Waals surface area contributed by atoms with Gasteiger partial charge in [-0.25, -0.2) is 0 Å². The lowest BCUT2D eigenvalue weighted by molar-refractivity contribution is -0.138. The summed E-state index contributed by atoms with van der Waals surface area (Å²) in [4.78, 5) is 35.3. The Morgan fingerprint density at radius 1 is 0.932 bits per heavy atom. The number of hydrogen-bond donors (Lipinski definition) is 5. The standard InChI is InChI=1S/C20H34O5.C16H14O3/c1-2-3-6-9-15(21)12-13-17-16(18(22)14-19(17)23)10-7-4-5-8-11-20(24)25;1-11(16(18)19)13-8-5-9-14(10-13)15(17)12-6-3-2-4-7-12/h4,7,12-13,15-17,19-21,23-25H,2-3,5-6,8-11,14H2,1H3;2-11H,1H3,(H,18,19)/b7-4-,13-12+;/t15-,16+,17+,19+;11-/m00/s1. The van der Waals surface area contributed by atoms with E-state index in [9.17, 15) is 24.6 Å². The van der Waals surface area contributed by atoms with Crippen molar-refractivity contribution in [2.45, 2.75) is 96.1 Å². The fourth-order valence-corrected chi connectivity index (χ4v) is 5.11. The maximum atomic E-state index is 12.2. The summed E-state index contributed by atoms with van der Waals surface area (Å²) in [6.45, 7) is 3.72. The molecule has 0 amide bonds. The molecule has 0 heterocycles. The molecule has 44 heavy (non-hydrogen) atoms. The molecule has 3 rings (SSSR count). The van der Waals surface area contributed by atoms with E-state index in [0.29, 0.717) is 42.4 Å². The van der Waals surface area contributed by atoms with Gasteiger partial charge in [0.25, 0.3) is 0 Å². The molecule has 0 saturated heterocycles. The van der Waals surface area contributed by atoms with Crippen LogP contribution in [0.2, 0.25) is 0 Å². The lowest BCUT2D eigenvalue weighted by atomic mass is 9.90. The van der Waals surface area contributed by atoms with Gasteiger partial charge in [0.2, 0.25) is 0 Å². The number of carbonyl (C=O) groups excluding carboxylic acids is 2. The lowest BCUT2D eigenvalue weighted by Crippen LogP contribution is -2.18. The summed E-state index contributed by atoms with van der Waals surface area (Å²) in [5.74, 6) is -2.03. The van der Waals surface area contributed by atoms with Crippen molar-refractivity contribution >= 4 is 17.5 Å². The van der Waals surface area contributed by atoms with Crippen molar-refractivity contribution in [3.05, 3.63) is 95.6 Å². The van der Waals surface area contributed by atoms with Gasteiger partial charge in [-0.05, 0) is 50.7 Å². The third-order valence-corrected chi connectivity index (χ3v) is 7.84. The summed E-state index contributed by atoms with van der Waals surface area (Å²) < 4.78 is 0. The van der Waals surface area contributed by atoms with Crippen molar-refractivity contribution < 1.29 is 39.9 Å². The van der Waals surface area contributed by atoms with Crippen LogP contribution in [0, 0.1) is 11.8 Å². The number of carboxylic acid groups (broad SMARTS) is 1. The monoisotopic (exact) mass is 608 g/mol. The van der Waals surface area contributed by atoms with Crippen LogP contribution in [-0.2, 0) is 9.59 Å². The van der Waals surface area contributed by atoms with Crippen LogP contribution in [0.1, 0.15) is 99.0 Å². The Hall–Kier alpha value is -3.43. The van der Waals surface area contributed by atoms with Crippen molar-refractivity contribution in [1.29, 1.82) is 0 Å². The number of benzene rings is 2. The van der Waals surface area contributed by atoms with E-state index in [1.807, 2.05) is 24.3 Å². The van der Waals surface area contributed by atoms with Crippen molar-refractivity contribution in [2.24, 2.45) is 11.8 Å². The Morgan fingerprint density at radius 2 is 1.64 bits per heavy atom. The highest BCUT2D eigenvalue weighted by atomic mass is 16.5. The van der Waals surface area contributed by atoms with E-state index in [-0.39, 0.29) is 29.8 Å². The molecule has 1 aliphatic carbocycles. The van der Waals surface area contributed by atoms with E-state index in [2.05, 4.69) is 6.92 Å². The highest BCUT2D eigenvalue weighted by Gasteiger charge is 2.39. The quantitative estimate of drug-likeness (QED) is 0.0717. The molecule has 0 spiro atoms. The number of unbranched alkanes of at least 4 members (excludes halogenated alkanes) is 3. The highest BCUT2D eigenvalue weighted by molar-refractivity contribution is 6.09. The molecule has 8 nitrogen and oxygen atoms in total. The first kappa shape index (κ1) is 36.8. The SMILES string of the molecule is CCCCC[C@H](O)/C=C/[C@H]1[C@H](O)CC(=O)[C@@H]1C/C=C\CCCC(O)O.C[C@H](C(=O)O)c1cccc(C(=O)c2ccccc2)c1. The average molecular weight is 609 g/mol. The fraction of sp³-hybridized carbons (Fsp3) is 0.472. The van der Waals surface area contributed by atoms with Crippen LogP contribution in [0.4, 0.5) is 0 Å². The van der Waals surface area contributed by atoms with E-state index in [1.54, 1.807) is 61.5 Å². The minimum absolute atomic E-state index is 0.0676. The summed E-state index contributed by atoms with van der Waals surface area (Å²) in [7, 11) is 0. The number of aliphatic carboxylic acids is 1. The van der Waals surface area contributed by atoms with Gasteiger partial charge >= 0.3 is 5.97 Å². The second kappa shape index (κ2) is 19.8. The number of ketones is 2. The van der Waals surface area contributed by atoms with Crippen LogP contribution in [-0.4, -0.2) is 61.6 Å². The molecule has 8 heteroatoms. The minimum atomic E-state index is -1.27. The van der Waals surface area contributed by atoms with Gasteiger partial charge in [-0.1, -0.05) is 99.0 Å². The van der Waals surface area contributed by atoms with Gasteiger partial charge in [-0.15, -0.1) is 0 Å². The van der Waals surface area contributed by atoms with E-state index >= 15 is 0 Å². The Bertz CT molecular complexity index is 1220. The fourth-order valence-electron chi connectivity index (χ4n) is 5.11. The largest absolute Gasteiger partial charge is 0.481 e. The summed E-state index contributed by atoms with van der Waals surface area (Å²) in [5.41, 5.74) is 1.74. The van der Waals surface area contributed by atoms with Gasteiger partial charge < -0.3 is 25.5 Å². The average Bonchev–Trinajstić information content (AvgIpc) is 3.28. The van der Waals surface area contributed by atoms with Gasteiger partial charge in [-0.3, -0.25) is 14.4 Å². The lowest BCUT2D eigenvalue weighted by Gasteiger charge is -2.16. The summed E-state index contributed by atoms with van der Waals surface area (Å²) in [5, 5.41) is 46.7. The first-order chi connectivity index (χ1) is 21.0. The van der Waals surface area contributed by atoms with Crippen LogP contribution >= 0.6 is 0 Å². The van der Waals surface area contributed by atoms with E-state index in [1.165, 1.54) is 0 Å². The molecule has 2 aromatic carbocycles. The molecule has 0 aromatic heterocycles. The Labute approximate surface area is 260 Å². The molecule has 2 aromatic rings. The Morgan fingerprint density at radius 3 is 2.30 bits per heavy atom. The molecule has 5 N–H and O–H groups in total. The highest BCUT2D eigenvalue weighted by Crippen LogP contribution is 2.33. The first-order valence-electron chi connectivity index (χ1n) is 15.6. The molecule has 1 saturated carbocycles. The molecule has 1 aliphatic rings. The van der Waals surface area contributed by atoms with Gasteiger partial charge in [-0.2, -0.15) is 0 Å². The number of aliphatic hydroxyl groups is 4. The minimum Gasteiger partial charge on any atom is -0.481 e. The second-order valence-corrected chi connectivity index (χ2v) is 11.4. The summed E-state index contributed by atoms with van der Waals surface area (Å²) in [6.07, 6.45) is 11.3. The molecule has 0 unspecified atom stereocenters. The zero-order chi connectivity index (χ0) is 32.5. The summed E-state index contributed by atoms with van der Waals surface area (Å²) in [6, 6.07) is 15.7. The molecular formula is C36H48O8. The van der Waals surface area contributed by atoms with E-state index in [4.69, 9.17) is 15.3 Å². The Kier molecular flexibility index (Phi) is 16.5. The van der Waals surface area contributed by atoms with Crippen LogP contribution in [0.5, 0.6) is 0 Å². The smallest absolute Gasteiger partial charge is 0.310 e. The number of aliphatic hydroxyl groups excluding tert-OH is 3. The first-order valence-corrected chi connectivity index (χ1v) is 15.6. The zero-order valence-electron chi connectivity index (χ0n) is 25.8. The number of Topliss-reactive ketones (excluding diaryl/α,β-unsaturated/α-hetero) is 1. The van der Waals surface area contributed by atoms with Gasteiger partial charge in [0.15, 0.2) is 12.1 Å². The maximum absolute atomic E-state index is 12.2. The topological polar surface area (TPSA) is 152 Å².